The molecule has 0 saturated heterocycles. The summed E-state index contributed by atoms with van der Waals surface area (Å²) in [6.07, 6.45) is 5.96. The van der Waals surface area contributed by atoms with Crippen molar-refractivity contribution in [2.24, 2.45) is 0 Å². The fourth-order valence-electron chi connectivity index (χ4n) is 3.75. The summed E-state index contributed by atoms with van der Waals surface area (Å²) < 4.78 is 52.3. The Labute approximate surface area is 201 Å². The van der Waals surface area contributed by atoms with Crippen molar-refractivity contribution < 1.29 is 27.1 Å². The van der Waals surface area contributed by atoms with Crippen LogP contribution in [0.15, 0.2) is 60.4 Å². The highest BCUT2D eigenvalue weighted by Crippen LogP contribution is 2.23. The SMILES string of the molecule is CC(C)(O)c1cc(CN(C(=O)Cn2cc(-c3ccc(F)c(F)c3)cn2)[C@@H]2C=CS(=O)(=O)C2)ccn1. The van der Waals surface area contributed by atoms with Crippen molar-refractivity contribution >= 4 is 15.7 Å². The minimum Gasteiger partial charge on any atom is -0.384 e. The van der Waals surface area contributed by atoms with E-state index < -0.39 is 39.0 Å². The van der Waals surface area contributed by atoms with Crippen molar-refractivity contribution in [2.75, 3.05) is 5.75 Å². The highest BCUT2D eigenvalue weighted by atomic mass is 32.2. The minimum absolute atomic E-state index is 0.0895. The number of benzene rings is 1. The molecule has 0 saturated carbocycles. The lowest BCUT2D eigenvalue weighted by molar-refractivity contribution is -0.133. The highest BCUT2D eigenvalue weighted by molar-refractivity contribution is 7.94. The number of nitrogens with zero attached hydrogens (tertiary/aromatic N) is 4. The van der Waals surface area contributed by atoms with Crippen LogP contribution in [-0.2, 0) is 33.3 Å². The second kappa shape index (κ2) is 9.31. The molecule has 2 aromatic heterocycles. The molecule has 1 amide bonds. The number of hydrogen-bond donors (Lipinski definition) is 1. The van der Waals surface area contributed by atoms with Gasteiger partial charge in [-0.1, -0.05) is 6.07 Å². The second-order valence-corrected chi connectivity index (χ2v) is 10.8. The molecule has 8 nitrogen and oxygen atoms in total. The molecule has 3 heterocycles. The van der Waals surface area contributed by atoms with Gasteiger partial charge in [-0.15, -0.1) is 0 Å². The highest BCUT2D eigenvalue weighted by Gasteiger charge is 2.31. The first kappa shape index (κ1) is 24.7. The van der Waals surface area contributed by atoms with Crippen molar-refractivity contribution in [1.29, 1.82) is 0 Å². The number of amides is 1. The number of aromatic nitrogens is 3. The zero-order chi connectivity index (χ0) is 25.4. The number of rotatable bonds is 7. The van der Waals surface area contributed by atoms with Crippen molar-refractivity contribution in [2.45, 2.75) is 38.6 Å². The molecule has 1 aromatic carbocycles. The summed E-state index contributed by atoms with van der Waals surface area (Å²) in [5.74, 6) is -2.58. The van der Waals surface area contributed by atoms with Crippen LogP contribution in [0.3, 0.4) is 0 Å². The first-order chi connectivity index (χ1) is 16.4. The van der Waals surface area contributed by atoms with Gasteiger partial charge in [0.25, 0.3) is 0 Å². The molecule has 11 heteroatoms. The van der Waals surface area contributed by atoms with Crippen molar-refractivity contribution in [1.82, 2.24) is 19.7 Å². The van der Waals surface area contributed by atoms with E-state index in [4.69, 9.17) is 0 Å². The summed E-state index contributed by atoms with van der Waals surface area (Å²) in [4.78, 5) is 18.9. The quantitative estimate of drug-likeness (QED) is 0.533. The number of sulfone groups is 1. The lowest BCUT2D eigenvalue weighted by Crippen LogP contribution is -2.42. The molecule has 1 aliphatic heterocycles. The third-order valence-electron chi connectivity index (χ3n) is 5.62. The van der Waals surface area contributed by atoms with Crippen molar-refractivity contribution in [3.8, 4) is 11.1 Å². The Hall–Kier alpha value is -3.44. The fourth-order valence-corrected chi connectivity index (χ4v) is 5.05. The molecular weight excluding hydrogens is 478 g/mol. The minimum atomic E-state index is -3.43. The summed E-state index contributed by atoms with van der Waals surface area (Å²) >= 11 is 0. The second-order valence-electron chi connectivity index (χ2n) is 8.91. The zero-order valence-corrected chi connectivity index (χ0v) is 19.9. The molecule has 3 aromatic rings. The van der Waals surface area contributed by atoms with Crippen LogP contribution in [-0.4, -0.2) is 50.9 Å². The van der Waals surface area contributed by atoms with Gasteiger partial charge in [-0.3, -0.25) is 14.5 Å². The Balaban J connectivity index is 1.57. The van der Waals surface area contributed by atoms with Gasteiger partial charge in [-0.05, 0) is 55.3 Å². The third-order valence-corrected chi connectivity index (χ3v) is 7.00. The summed E-state index contributed by atoms with van der Waals surface area (Å²) in [7, 11) is -3.43. The van der Waals surface area contributed by atoms with Crippen LogP contribution in [0.2, 0.25) is 0 Å². The number of pyridine rings is 1. The standard InChI is InChI=1S/C24H24F2N4O4S/c1-24(2,32)22-9-16(5-7-27-22)12-30(19-6-8-35(33,34)15-19)23(31)14-29-13-18(11-28-29)17-3-4-20(25)21(26)10-17/h3-11,13,19,32H,12,14-15H2,1-2H3/t19-/m1/s1. The van der Waals surface area contributed by atoms with Crippen LogP contribution in [0, 0.1) is 11.6 Å². The molecule has 0 spiro atoms. The van der Waals surface area contributed by atoms with E-state index in [1.807, 2.05) is 0 Å². The lowest BCUT2D eigenvalue weighted by atomic mass is 10.0. The van der Waals surface area contributed by atoms with Gasteiger partial charge in [0.15, 0.2) is 21.5 Å². The topological polar surface area (TPSA) is 105 Å². The number of aliphatic hydroxyl groups is 1. The monoisotopic (exact) mass is 502 g/mol. The Kier molecular flexibility index (Phi) is 6.56. The summed E-state index contributed by atoms with van der Waals surface area (Å²) in [6, 6.07) is 6.15. The van der Waals surface area contributed by atoms with Gasteiger partial charge in [0.05, 0.1) is 23.7 Å². The van der Waals surface area contributed by atoms with E-state index in [0.29, 0.717) is 22.4 Å². The van der Waals surface area contributed by atoms with Gasteiger partial charge in [-0.2, -0.15) is 5.10 Å². The van der Waals surface area contributed by atoms with Gasteiger partial charge in [0.2, 0.25) is 5.91 Å². The number of halogens is 2. The van der Waals surface area contributed by atoms with Gasteiger partial charge >= 0.3 is 0 Å². The average Bonchev–Trinajstić information content (AvgIpc) is 3.39. The maximum Gasteiger partial charge on any atom is 0.245 e. The molecule has 0 radical (unpaired) electrons. The van der Waals surface area contributed by atoms with E-state index in [1.165, 1.54) is 40.3 Å². The molecule has 1 aliphatic rings. The van der Waals surface area contributed by atoms with Crippen molar-refractivity contribution in [3.05, 3.63) is 83.3 Å². The molecule has 4 rings (SSSR count). The fraction of sp³-hybridized carbons (Fsp3) is 0.292. The van der Waals surface area contributed by atoms with E-state index in [2.05, 4.69) is 10.1 Å². The first-order valence-corrected chi connectivity index (χ1v) is 12.5. The van der Waals surface area contributed by atoms with Crippen LogP contribution in [0.5, 0.6) is 0 Å². The summed E-state index contributed by atoms with van der Waals surface area (Å²) in [6.45, 7) is 3.08. The summed E-state index contributed by atoms with van der Waals surface area (Å²) in [5.41, 5.74) is 0.800. The van der Waals surface area contributed by atoms with E-state index in [0.717, 1.165) is 17.5 Å². The third kappa shape index (κ3) is 5.80. The zero-order valence-electron chi connectivity index (χ0n) is 19.1. The Morgan fingerprint density at radius 3 is 2.63 bits per heavy atom. The lowest BCUT2D eigenvalue weighted by Gasteiger charge is -2.28. The molecule has 0 fully saturated rings. The van der Waals surface area contributed by atoms with Gasteiger partial charge in [0.1, 0.15) is 12.1 Å². The van der Waals surface area contributed by atoms with E-state index in [9.17, 15) is 27.1 Å². The van der Waals surface area contributed by atoms with Crippen LogP contribution in [0.1, 0.15) is 25.1 Å². The number of carbonyl (C=O) groups excluding carboxylic acids is 1. The molecule has 0 unspecified atom stereocenters. The summed E-state index contributed by atoms with van der Waals surface area (Å²) in [5, 5.41) is 15.5. The van der Waals surface area contributed by atoms with Crippen LogP contribution in [0.4, 0.5) is 8.78 Å². The van der Waals surface area contributed by atoms with Crippen LogP contribution < -0.4 is 0 Å². The maximum absolute atomic E-state index is 13.6. The molecule has 184 valence electrons. The van der Waals surface area contributed by atoms with E-state index >= 15 is 0 Å². The number of hydrogen-bond acceptors (Lipinski definition) is 6. The van der Waals surface area contributed by atoms with Gasteiger partial charge < -0.3 is 10.0 Å². The van der Waals surface area contributed by atoms with Gasteiger partial charge in [-0.25, -0.2) is 17.2 Å². The maximum atomic E-state index is 13.6. The molecule has 0 bridgehead atoms. The van der Waals surface area contributed by atoms with Crippen molar-refractivity contribution in [3.63, 3.8) is 0 Å². The average molecular weight is 503 g/mol. The molecule has 35 heavy (non-hydrogen) atoms. The Morgan fingerprint density at radius 2 is 1.97 bits per heavy atom. The number of carbonyl (C=O) groups is 1. The first-order valence-electron chi connectivity index (χ1n) is 10.8. The normalized spacial score (nSPS) is 17.0. The van der Waals surface area contributed by atoms with Crippen LogP contribution >= 0.6 is 0 Å². The molecule has 1 N–H and O–H groups in total. The van der Waals surface area contributed by atoms with E-state index in [1.54, 1.807) is 26.0 Å². The van der Waals surface area contributed by atoms with E-state index in [-0.39, 0.29) is 18.8 Å². The predicted octanol–water partition coefficient (Wildman–Crippen LogP) is 2.79. The molecular formula is C24H24F2N4O4S. The molecule has 0 aliphatic carbocycles. The smallest absolute Gasteiger partial charge is 0.245 e. The van der Waals surface area contributed by atoms with Crippen LogP contribution in [0.25, 0.3) is 11.1 Å². The Morgan fingerprint density at radius 1 is 1.20 bits per heavy atom. The largest absolute Gasteiger partial charge is 0.384 e. The van der Waals surface area contributed by atoms with Gasteiger partial charge in [0, 0.05) is 29.9 Å². The Bertz CT molecular complexity index is 1400. The predicted molar refractivity (Wildman–Crippen MR) is 124 cm³/mol. The molecule has 1 atom stereocenters.